The van der Waals surface area contributed by atoms with Crippen LogP contribution in [0, 0.1) is 25.5 Å². The Hall–Kier alpha value is -3.62. The number of rotatable bonds is 3. The average Bonchev–Trinajstić information content (AvgIpc) is 3.20. The minimum Gasteiger partial charge on any atom is -0.396 e. The molecule has 1 fully saturated rings. The van der Waals surface area contributed by atoms with E-state index in [-0.39, 0.29) is 34.7 Å². The van der Waals surface area contributed by atoms with Gasteiger partial charge >= 0.3 is 6.03 Å². The Balaban J connectivity index is 1.50. The molecule has 2 aromatic heterocycles. The monoisotopic (exact) mass is 424 g/mol. The third kappa shape index (κ3) is 4.45. The summed E-state index contributed by atoms with van der Waals surface area (Å²) in [6.07, 6.45) is 0.750. The molecule has 0 radical (unpaired) electrons. The van der Waals surface area contributed by atoms with Gasteiger partial charge in [0.2, 0.25) is 0 Å². The highest BCUT2D eigenvalue weighted by Gasteiger charge is 2.30. The van der Waals surface area contributed by atoms with Gasteiger partial charge in [-0.1, -0.05) is 0 Å². The summed E-state index contributed by atoms with van der Waals surface area (Å²) in [5, 5.41) is 2.70. The number of anilines is 2. The maximum absolute atomic E-state index is 14.1. The van der Waals surface area contributed by atoms with Crippen LogP contribution in [-0.4, -0.2) is 39.0 Å². The second-order valence-electron chi connectivity index (χ2n) is 7.63. The standard InChI is InChI=1S/C22H22F2N6O/c1-12-9-13(2)27-20(26-12)14-7-8-30(11-14)22(31)29-21-18(25)5-6-19(28-21)16-4-3-15(23)10-17(16)24/h3-6,9-10,14H,7-8,11,25H2,1-2H3,(H,28,29,31). The van der Waals surface area contributed by atoms with E-state index >= 15 is 0 Å². The Bertz CT molecular complexity index is 1130. The molecular weight excluding hydrogens is 402 g/mol. The van der Waals surface area contributed by atoms with Crippen molar-refractivity contribution < 1.29 is 13.6 Å². The fraction of sp³-hybridized carbons (Fsp3) is 0.273. The van der Waals surface area contributed by atoms with Gasteiger partial charge in [-0.2, -0.15) is 0 Å². The first-order valence-corrected chi connectivity index (χ1v) is 9.90. The zero-order chi connectivity index (χ0) is 22.1. The number of nitrogens with zero attached hydrogens (tertiary/aromatic N) is 4. The first-order valence-electron chi connectivity index (χ1n) is 9.90. The van der Waals surface area contributed by atoms with Gasteiger partial charge in [0.15, 0.2) is 5.82 Å². The van der Waals surface area contributed by atoms with Gasteiger partial charge in [0.25, 0.3) is 0 Å². The summed E-state index contributed by atoms with van der Waals surface area (Å²) in [5.74, 6) is -0.516. The van der Waals surface area contributed by atoms with E-state index in [2.05, 4.69) is 20.3 Å². The van der Waals surface area contributed by atoms with E-state index in [1.807, 2.05) is 19.9 Å². The van der Waals surface area contributed by atoms with Crippen molar-refractivity contribution in [2.45, 2.75) is 26.2 Å². The number of pyridine rings is 1. The summed E-state index contributed by atoms with van der Waals surface area (Å²) in [5.41, 5.74) is 8.35. The second kappa shape index (κ2) is 8.25. The lowest BCUT2D eigenvalue weighted by molar-refractivity contribution is 0.222. The van der Waals surface area contributed by atoms with Crippen molar-refractivity contribution in [2.24, 2.45) is 0 Å². The number of benzene rings is 1. The molecule has 0 aliphatic carbocycles. The molecule has 1 aliphatic rings. The van der Waals surface area contributed by atoms with Crippen LogP contribution in [0.5, 0.6) is 0 Å². The lowest BCUT2D eigenvalue weighted by atomic mass is 10.1. The number of likely N-dealkylation sites (tertiary alicyclic amines) is 1. The van der Waals surface area contributed by atoms with Gasteiger partial charge in [-0.05, 0) is 50.6 Å². The Morgan fingerprint density at radius 1 is 1.10 bits per heavy atom. The third-order valence-electron chi connectivity index (χ3n) is 5.20. The van der Waals surface area contributed by atoms with Crippen LogP contribution in [0.15, 0.2) is 36.4 Å². The topological polar surface area (TPSA) is 97.0 Å². The number of carbonyl (C=O) groups excluding carboxylic acids is 1. The fourth-order valence-electron chi connectivity index (χ4n) is 3.69. The van der Waals surface area contributed by atoms with E-state index in [0.29, 0.717) is 13.1 Å². The number of urea groups is 1. The van der Waals surface area contributed by atoms with E-state index in [0.717, 1.165) is 35.8 Å². The number of aryl methyl sites for hydroxylation is 2. The van der Waals surface area contributed by atoms with Gasteiger partial charge in [-0.3, -0.25) is 5.32 Å². The van der Waals surface area contributed by atoms with Crippen LogP contribution in [0.2, 0.25) is 0 Å². The highest BCUT2D eigenvalue weighted by molar-refractivity contribution is 5.92. The molecule has 3 heterocycles. The first kappa shape index (κ1) is 20.6. The molecule has 9 heteroatoms. The maximum Gasteiger partial charge on any atom is 0.323 e. The minimum absolute atomic E-state index is 0.0503. The van der Waals surface area contributed by atoms with E-state index in [1.165, 1.54) is 18.2 Å². The van der Waals surface area contributed by atoms with Crippen LogP contribution in [-0.2, 0) is 0 Å². The normalized spacial score (nSPS) is 15.9. The molecule has 0 bridgehead atoms. The molecule has 4 rings (SSSR count). The van der Waals surface area contributed by atoms with Crippen LogP contribution in [0.3, 0.4) is 0 Å². The van der Waals surface area contributed by atoms with Crippen LogP contribution >= 0.6 is 0 Å². The van der Waals surface area contributed by atoms with E-state index in [4.69, 9.17) is 5.73 Å². The summed E-state index contributed by atoms with van der Waals surface area (Å²) in [7, 11) is 0. The summed E-state index contributed by atoms with van der Waals surface area (Å²) >= 11 is 0. The average molecular weight is 424 g/mol. The van der Waals surface area contributed by atoms with E-state index in [1.54, 1.807) is 4.90 Å². The highest BCUT2D eigenvalue weighted by atomic mass is 19.1. The number of carbonyl (C=O) groups is 1. The Kier molecular flexibility index (Phi) is 5.50. The van der Waals surface area contributed by atoms with Gasteiger partial charge in [0.1, 0.15) is 17.5 Å². The molecule has 1 atom stereocenters. The number of nitrogens with one attached hydrogen (secondary N) is 1. The quantitative estimate of drug-likeness (QED) is 0.662. The van der Waals surface area contributed by atoms with Crippen molar-refractivity contribution >= 4 is 17.5 Å². The molecule has 31 heavy (non-hydrogen) atoms. The lowest BCUT2D eigenvalue weighted by Gasteiger charge is -2.18. The van der Waals surface area contributed by atoms with Gasteiger partial charge in [0, 0.05) is 42.0 Å². The molecule has 3 N–H and O–H groups in total. The summed E-state index contributed by atoms with van der Waals surface area (Å²) in [6, 6.07) is 7.82. The van der Waals surface area contributed by atoms with Crippen LogP contribution in [0.25, 0.3) is 11.3 Å². The summed E-state index contributed by atoms with van der Waals surface area (Å²) < 4.78 is 27.3. The molecule has 1 unspecified atom stereocenters. The van der Waals surface area contributed by atoms with E-state index < -0.39 is 11.6 Å². The molecule has 2 amide bonds. The zero-order valence-corrected chi connectivity index (χ0v) is 17.2. The fourth-order valence-corrected chi connectivity index (χ4v) is 3.69. The molecule has 1 aliphatic heterocycles. The highest BCUT2D eigenvalue weighted by Crippen LogP contribution is 2.28. The van der Waals surface area contributed by atoms with Crippen molar-refractivity contribution in [3.8, 4) is 11.3 Å². The maximum atomic E-state index is 14.1. The van der Waals surface area contributed by atoms with Crippen molar-refractivity contribution in [3.05, 3.63) is 65.2 Å². The van der Waals surface area contributed by atoms with Crippen molar-refractivity contribution in [1.82, 2.24) is 19.9 Å². The molecule has 3 aromatic rings. The molecule has 1 aromatic carbocycles. The van der Waals surface area contributed by atoms with Crippen LogP contribution in [0.4, 0.5) is 25.1 Å². The molecule has 7 nitrogen and oxygen atoms in total. The Morgan fingerprint density at radius 3 is 2.55 bits per heavy atom. The predicted octanol–water partition coefficient (Wildman–Crippen LogP) is 4.04. The van der Waals surface area contributed by atoms with Gasteiger partial charge in [-0.25, -0.2) is 28.5 Å². The van der Waals surface area contributed by atoms with Crippen molar-refractivity contribution in [2.75, 3.05) is 24.1 Å². The molecule has 160 valence electrons. The predicted molar refractivity (Wildman–Crippen MR) is 113 cm³/mol. The van der Waals surface area contributed by atoms with Crippen LogP contribution < -0.4 is 11.1 Å². The lowest BCUT2D eigenvalue weighted by Crippen LogP contribution is -2.33. The summed E-state index contributed by atoms with van der Waals surface area (Å²) in [4.78, 5) is 27.7. The number of nitrogen functional groups attached to an aromatic ring is 1. The number of aromatic nitrogens is 3. The van der Waals surface area contributed by atoms with Crippen LogP contribution in [0.1, 0.15) is 29.6 Å². The van der Waals surface area contributed by atoms with Gasteiger partial charge < -0.3 is 10.6 Å². The molecule has 1 saturated heterocycles. The SMILES string of the molecule is Cc1cc(C)nc(C2CCN(C(=O)Nc3nc(-c4ccc(F)cc4F)ccc3N)C2)n1. The Morgan fingerprint density at radius 2 is 1.84 bits per heavy atom. The number of nitrogens with two attached hydrogens (primary N) is 1. The largest absolute Gasteiger partial charge is 0.396 e. The molecular formula is C22H22F2N6O. The van der Waals surface area contributed by atoms with Crippen molar-refractivity contribution in [1.29, 1.82) is 0 Å². The van der Waals surface area contributed by atoms with E-state index in [9.17, 15) is 13.6 Å². The Labute approximate surface area is 178 Å². The number of hydrogen-bond donors (Lipinski definition) is 2. The summed E-state index contributed by atoms with van der Waals surface area (Å²) in [6.45, 7) is 4.85. The number of amides is 2. The van der Waals surface area contributed by atoms with Gasteiger partial charge in [0.05, 0.1) is 11.4 Å². The molecule has 0 saturated carbocycles. The molecule has 0 spiro atoms. The zero-order valence-electron chi connectivity index (χ0n) is 17.2. The third-order valence-corrected chi connectivity index (χ3v) is 5.20. The second-order valence-corrected chi connectivity index (χ2v) is 7.63. The number of halogens is 2. The van der Waals surface area contributed by atoms with Crippen molar-refractivity contribution in [3.63, 3.8) is 0 Å². The first-order chi connectivity index (χ1) is 14.8. The number of hydrogen-bond acceptors (Lipinski definition) is 5. The minimum atomic E-state index is -0.745. The smallest absolute Gasteiger partial charge is 0.323 e. The van der Waals surface area contributed by atoms with Gasteiger partial charge in [-0.15, -0.1) is 0 Å².